The van der Waals surface area contributed by atoms with Crippen LogP contribution in [0.5, 0.6) is 0 Å². The molecule has 1 aliphatic carbocycles. The summed E-state index contributed by atoms with van der Waals surface area (Å²) in [5.41, 5.74) is -0.0339. The van der Waals surface area contributed by atoms with Crippen LogP contribution in [-0.2, 0) is 5.41 Å². The van der Waals surface area contributed by atoms with Crippen LogP contribution >= 0.6 is 27.7 Å². The van der Waals surface area contributed by atoms with E-state index in [1.54, 1.807) is 0 Å². The van der Waals surface area contributed by atoms with E-state index in [0.29, 0.717) is 4.75 Å². The van der Waals surface area contributed by atoms with Gasteiger partial charge in [-0.1, -0.05) is 27.2 Å². The van der Waals surface area contributed by atoms with E-state index in [-0.39, 0.29) is 5.41 Å². The molecule has 3 nitrogen and oxygen atoms in total. The van der Waals surface area contributed by atoms with Gasteiger partial charge in [0, 0.05) is 22.8 Å². The van der Waals surface area contributed by atoms with Crippen molar-refractivity contribution in [3.8, 4) is 0 Å². The first-order chi connectivity index (χ1) is 8.85. The van der Waals surface area contributed by atoms with Gasteiger partial charge in [0.05, 0.1) is 0 Å². The minimum atomic E-state index is -0.0339. The van der Waals surface area contributed by atoms with Gasteiger partial charge in [0.15, 0.2) is 0 Å². The number of anilines is 1. The van der Waals surface area contributed by atoms with Crippen molar-refractivity contribution in [2.24, 2.45) is 0 Å². The molecular formula is C14H22BrN3S. The zero-order valence-electron chi connectivity index (χ0n) is 12.1. The Morgan fingerprint density at radius 3 is 2.53 bits per heavy atom. The highest BCUT2D eigenvalue weighted by Crippen LogP contribution is 2.42. The minimum absolute atomic E-state index is 0.0339. The molecule has 1 aromatic rings. The van der Waals surface area contributed by atoms with Crippen molar-refractivity contribution in [2.75, 3.05) is 18.1 Å². The third-order valence-corrected chi connectivity index (χ3v) is 5.48. The van der Waals surface area contributed by atoms with Crippen LogP contribution in [0.1, 0.15) is 45.9 Å². The normalized spacial score (nSPS) is 17.9. The van der Waals surface area contributed by atoms with Crippen LogP contribution in [0.25, 0.3) is 0 Å². The van der Waals surface area contributed by atoms with Crippen molar-refractivity contribution in [3.63, 3.8) is 0 Å². The maximum absolute atomic E-state index is 4.64. The summed E-state index contributed by atoms with van der Waals surface area (Å²) in [4.78, 5) is 9.10. The molecule has 0 bridgehead atoms. The Hall–Kier alpha value is -0.290. The molecule has 0 aromatic carbocycles. The third-order valence-electron chi connectivity index (χ3n) is 3.66. The van der Waals surface area contributed by atoms with Gasteiger partial charge in [-0.15, -0.1) is 0 Å². The molecule has 19 heavy (non-hydrogen) atoms. The summed E-state index contributed by atoms with van der Waals surface area (Å²) < 4.78 is 1.26. The maximum atomic E-state index is 4.64. The largest absolute Gasteiger partial charge is 0.369 e. The van der Waals surface area contributed by atoms with Crippen LogP contribution in [-0.4, -0.2) is 27.5 Å². The minimum Gasteiger partial charge on any atom is -0.369 e. The predicted octanol–water partition coefficient (Wildman–Crippen LogP) is 4.23. The average Bonchev–Trinajstić information content (AvgIpc) is 2.26. The van der Waals surface area contributed by atoms with Gasteiger partial charge >= 0.3 is 0 Å². The van der Waals surface area contributed by atoms with Gasteiger partial charge in [0.2, 0.25) is 0 Å². The van der Waals surface area contributed by atoms with Crippen molar-refractivity contribution in [3.05, 3.63) is 16.5 Å². The molecule has 1 aromatic heterocycles. The Morgan fingerprint density at radius 1 is 1.37 bits per heavy atom. The number of halogens is 1. The molecular weight excluding hydrogens is 322 g/mol. The molecule has 1 aliphatic rings. The standard InChI is InChI=1S/C14H22BrN3S/c1-13(2,3)12-17-10(15)8-11(18-12)16-9-14(19-4)6-5-7-14/h8H,5-7,9H2,1-4H3,(H,16,17,18). The number of nitrogens with one attached hydrogen (secondary N) is 1. The van der Waals surface area contributed by atoms with Crippen LogP contribution in [0.4, 0.5) is 5.82 Å². The second-order valence-corrected chi connectivity index (χ2v) is 8.33. The van der Waals surface area contributed by atoms with Gasteiger partial charge in [0.25, 0.3) is 0 Å². The second-order valence-electron chi connectivity index (χ2n) is 6.24. The Balaban J connectivity index is 2.10. The highest BCUT2D eigenvalue weighted by atomic mass is 79.9. The van der Waals surface area contributed by atoms with Crippen LogP contribution in [0, 0.1) is 0 Å². The van der Waals surface area contributed by atoms with Gasteiger partial charge in [-0.05, 0) is 35.0 Å². The Morgan fingerprint density at radius 2 is 2.05 bits per heavy atom. The lowest BCUT2D eigenvalue weighted by molar-refractivity contribution is 0.379. The van der Waals surface area contributed by atoms with E-state index in [1.165, 1.54) is 19.3 Å². The molecule has 0 aliphatic heterocycles. The fourth-order valence-corrected chi connectivity index (χ4v) is 3.42. The summed E-state index contributed by atoms with van der Waals surface area (Å²) in [6.07, 6.45) is 6.17. The lowest BCUT2D eigenvalue weighted by Gasteiger charge is -2.40. The summed E-state index contributed by atoms with van der Waals surface area (Å²) in [6.45, 7) is 7.39. The molecule has 1 heterocycles. The number of thioether (sulfide) groups is 1. The van der Waals surface area contributed by atoms with E-state index in [4.69, 9.17) is 0 Å². The molecule has 1 N–H and O–H groups in total. The second kappa shape index (κ2) is 5.60. The highest BCUT2D eigenvalue weighted by molar-refractivity contribution is 9.10. The van der Waals surface area contributed by atoms with Gasteiger partial charge in [0.1, 0.15) is 16.2 Å². The number of hydrogen-bond donors (Lipinski definition) is 1. The van der Waals surface area contributed by atoms with Crippen molar-refractivity contribution in [2.45, 2.75) is 50.2 Å². The van der Waals surface area contributed by atoms with E-state index < -0.39 is 0 Å². The van der Waals surface area contributed by atoms with Crippen LogP contribution in [0.2, 0.25) is 0 Å². The Labute approximate surface area is 128 Å². The number of nitrogens with zero attached hydrogens (tertiary/aromatic N) is 2. The van der Waals surface area contributed by atoms with E-state index in [0.717, 1.165) is 22.8 Å². The van der Waals surface area contributed by atoms with Gasteiger partial charge in [-0.3, -0.25) is 0 Å². The smallest absolute Gasteiger partial charge is 0.137 e. The molecule has 5 heteroatoms. The number of rotatable bonds is 4. The average molecular weight is 344 g/mol. The first-order valence-electron chi connectivity index (χ1n) is 6.69. The summed E-state index contributed by atoms with van der Waals surface area (Å²) in [6, 6.07) is 1.96. The summed E-state index contributed by atoms with van der Waals surface area (Å²) in [5.74, 6) is 1.79. The SMILES string of the molecule is CSC1(CNc2cc(Br)nc(C(C)(C)C)n2)CCC1. The first kappa shape index (κ1) is 15.1. The highest BCUT2D eigenvalue weighted by Gasteiger charge is 2.35. The van der Waals surface area contributed by atoms with Crippen molar-refractivity contribution >= 4 is 33.5 Å². The van der Waals surface area contributed by atoms with Crippen LogP contribution < -0.4 is 5.32 Å². The zero-order chi connectivity index (χ0) is 14.1. The maximum Gasteiger partial charge on any atom is 0.137 e. The molecule has 0 spiro atoms. The fourth-order valence-electron chi connectivity index (χ4n) is 2.12. The fraction of sp³-hybridized carbons (Fsp3) is 0.714. The quantitative estimate of drug-likeness (QED) is 0.830. The summed E-state index contributed by atoms with van der Waals surface area (Å²) >= 11 is 5.45. The lowest BCUT2D eigenvalue weighted by atomic mass is 9.84. The third kappa shape index (κ3) is 3.63. The van der Waals surface area contributed by atoms with E-state index >= 15 is 0 Å². The summed E-state index contributed by atoms with van der Waals surface area (Å²) in [7, 11) is 0. The number of aromatic nitrogens is 2. The van der Waals surface area contributed by atoms with E-state index in [9.17, 15) is 0 Å². The monoisotopic (exact) mass is 343 g/mol. The van der Waals surface area contributed by atoms with Crippen molar-refractivity contribution in [1.82, 2.24) is 9.97 Å². The molecule has 0 saturated heterocycles. The molecule has 0 radical (unpaired) electrons. The molecule has 106 valence electrons. The summed E-state index contributed by atoms with van der Waals surface area (Å²) in [5, 5.41) is 3.49. The molecule has 0 unspecified atom stereocenters. The Bertz CT molecular complexity index is 447. The Kier molecular flexibility index (Phi) is 4.45. The molecule has 1 saturated carbocycles. The molecule has 1 fully saturated rings. The molecule has 0 amide bonds. The van der Waals surface area contributed by atoms with E-state index in [1.807, 2.05) is 17.8 Å². The predicted molar refractivity (Wildman–Crippen MR) is 87.0 cm³/mol. The first-order valence-corrected chi connectivity index (χ1v) is 8.71. The van der Waals surface area contributed by atoms with Gasteiger partial charge in [-0.2, -0.15) is 11.8 Å². The van der Waals surface area contributed by atoms with Gasteiger partial charge in [-0.25, -0.2) is 9.97 Å². The zero-order valence-corrected chi connectivity index (χ0v) is 14.5. The van der Waals surface area contributed by atoms with E-state index in [2.05, 4.69) is 58.2 Å². The van der Waals surface area contributed by atoms with Crippen LogP contribution in [0.3, 0.4) is 0 Å². The van der Waals surface area contributed by atoms with Gasteiger partial charge < -0.3 is 5.32 Å². The lowest BCUT2D eigenvalue weighted by Crippen LogP contribution is -2.40. The molecule has 0 atom stereocenters. The van der Waals surface area contributed by atoms with Crippen molar-refractivity contribution in [1.29, 1.82) is 0 Å². The topological polar surface area (TPSA) is 37.8 Å². The molecule has 2 rings (SSSR count). The van der Waals surface area contributed by atoms with Crippen LogP contribution in [0.15, 0.2) is 10.7 Å². The van der Waals surface area contributed by atoms with Crippen molar-refractivity contribution < 1.29 is 0 Å². The number of hydrogen-bond acceptors (Lipinski definition) is 4.